The van der Waals surface area contributed by atoms with E-state index in [2.05, 4.69) is 10.0 Å². The minimum atomic E-state index is -3.63. The maximum Gasteiger partial charge on any atom is 0.240 e. The molecule has 0 aromatic heterocycles. The van der Waals surface area contributed by atoms with Crippen molar-refractivity contribution in [3.8, 4) is 5.75 Å². The van der Waals surface area contributed by atoms with Crippen LogP contribution >= 0.6 is 0 Å². The van der Waals surface area contributed by atoms with Gasteiger partial charge in [-0.15, -0.1) is 0 Å². The van der Waals surface area contributed by atoms with Gasteiger partial charge in [0.2, 0.25) is 15.9 Å². The Morgan fingerprint density at radius 3 is 2.56 bits per heavy atom. The average Bonchev–Trinajstić information content (AvgIpc) is 2.64. The van der Waals surface area contributed by atoms with Crippen molar-refractivity contribution in [1.82, 2.24) is 10.0 Å². The van der Waals surface area contributed by atoms with Crippen LogP contribution in [0.2, 0.25) is 0 Å². The molecular weight excluding hydrogens is 364 g/mol. The van der Waals surface area contributed by atoms with Gasteiger partial charge in [-0.3, -0.25) is 4.79 Å². The first-order chi connectivity index (χ1) is 12.8. The summed E-state index contributed by atoms with van der Waals surface area (Å²) in [5.74, 6) is 0.585. The Morgan fingerprint density at radius 1 is 1.07 bits per heavy atom. The zero-order chi connectivity index (χ0) is 19.9. The number of aryl methyl sites for hydroxylation is 2. The van der Waals surface area contributed by atoms with Crippen LogP contribution in [0, 0.1) is 13.8 Å². The predicted octanol–water partition coefficient (Wildman–Crippen LogP) is 2.34. The first-order valence-electron chi connectivity index (χ1n) is 8.79. The van der Waals surface area contributed by atoms with Crippen LogP contribution in [0.1, 0.15) is 23.1 Å². The van der Waals surface area contributed by atoms with Crippen LogP contribution in [-0.2, 0) is 21.2 Å². The SMILES string of the molecule is COc1ccccc1CCNC(=O)CCNS(=O)(=O)c1cc(C)ccc1C. The molecule has 0 unspecified atom stereocenters. The predicted molar refractivity (Wildman–Crippen MR) is 105 cm³/mol. The highest BCUT2D eigenvalue weighted by molar-refractivity contribution is 7.89. The summed E-state index contributed by atoms with van der Waals surface area (Å²) in [6.07, 6.45) is 0.722. The zero-order valence-corrected chi connectivity index (χ0v) is 16.7. The Kier molecular flexibility index (Phi) is 7.38. The lowest BCUT2D eigenvalue weighted by Crippen LogP contribution is -2.32. The lowest BCUT2D eigenvalue weighted by atomic mass is 10.1. The molecule has 0 aliphatic carbocycles. The van der Waals surface area contributed by atoms with Crippen molar-refractivity contribution in [2.75, 3.05) is 20.2 Å². The Morgan fingerprint density at radius 2 is 1.81 bits per heavy atom. The van der Waals surface area contributed by atoms with Gasteiger partial charge in [0, 0.05) is 19.5 Å². The van der Waals surface area contributed by atoms with E-state index in [1.165, 1.54) is 0 Å². The van der Waals surface area contributed by atoms with Crippen LogP contribution in [0.15, 0.2) is 47.4 Å². The maximum atomic E-state index is 12.4. The number of carbonyl (C=O) groups excluding carboxylic acids is 1. The number of carbonyl (C=O) groups is 1. The van der Waals surface area contributed by atoms with Crippen LogP contribution in [0.25, 0.3) is 0 Å². The number of methoxy groups -OCH3 is 1. The summed E-state index contributed by atoms with van der Waals surface area (Å²) in [5.41, 5.74) is 2.56. The second kappa shape index (κ2) is 9.53. The van der Waals surface area contributed by atoms with Crippen LogP contribution in [0.5, 0.6) is 5.75 Å². The number of nitrogens with one attached hydrogen (secondary N) is 2. The topological polar surface area (TPSA) is 84.5 Å². The molecule has 0 aliphatic heterocycles. The fourth-order valence-corrected chi connectivity index (χ4v) is 4.07. The Hall–Kier alpha value is -2.38. The molecule has 146 valence electrons. The molecule has 6 nitrogen and oxygen atoms in total. The third kappa shape index (κ3) is 6.08. The van der Waals surface area contributed by atoms with Gasteiger partial charge in [0.25, 0.3) is 0 Å². The van der Waals surface area contributed by atoms with Gasteiger partial charge in [0.1, 0.15) is 5.75 Å². The molecular formula is C20H26N2O4S. The van der Waals surface area contributed by atoms with E-state index in [9.17, 15) is 13.2 Å². The third-order valence-corrected chi connectivity index (χ3v) is 5.79. The molecule has 0 saturated carbocycles. The van der Waals surface area contributed by atoms with E-state index in [1.54, 1.807) is 26.2 Å². The van der Waals surface area contributed by atoms with Gasteiger partial charge in [-0.1, -0.05) is 30.3 Å². The highest BCUT2D eigenvalue weighted by Gasteiger charge is 2.17. The van der Waals surface area contributed by atoms with Crippen molar-refractivity contribution in [1.29, 1.82) is 0 Å². The maximum absolute atomic E-state index is 12.4. The van der Waals surface area contributed by atoms with Crippen molar-refractivity contribution >= 4 is 15.9 Å². The molecule has 0 saturated heterocycles. The molecule has 27 heavy (non-hydrogen) atoms. The third-order valence-electron chi connectivity index (χ3n) is 4.19. The molecule has 2 aromatic rings. The van der Waals surface area contributed by atoms with E-state index in [0.29, 0.717) is 18.5 Å². The van der Waals surface area contributed by atoms with Gasteiger partial charge in [0.15, 0.2) is 0 Å². The number of ether oxygens (including phenoxy) is 1. The van der Waals surface area contributed by atoms with Crippen LogP contribution in [-0.4, -0.2) is 34.5 Å². The molecule has 0 radical (unpaired) electrons. The van der Waals surface area contributed by atoms with Gasteiger partial charge < -0.3 is 10.1 Å². The van der Waals surface area contributed by atoms with E-state index in [1.807, 2.05) is 37.3 Å². The van der Waals surface area contributed by atoms with E-state index >= 15 is 0 Å². The Balaban J connectivity index is 1.79. The molecule has 0 spiro atoms. The highest BCUT2D eigenvalue weighted by Crippen LogP contribution is 2.17. The number of hydrogen-bond donors (Lipinski definition) is 2. The zero-order valence-electron chi connectivity index (χ0n) is 15.9. The van der Waals surface area contributed by atoms with Crippen molar-refractivity contribution in [3.05, 3.63) is 59.2 Å². The number of amides is 1. The molecule has 0 atom stereocenters. The smallest absolute Gasteiger partial charge is 0.240 e. The molecule has 2 aromatic carbocycles. The molecule has 1 amide bonds. The van der Waals surface area contributed by atoms with Gasteiger partial charge in [-0.2, -0.15) is 0 Å². The van der Waals surface area contributed by atoms with Crippen LogP contribution < -0.4 is 14.8 Å². The number of rotatable bonds is 9. The monoisotopic (exact) mass is 390 g/mol. The van der Waals surface area contributed by atoms with Gasteiger partial charge >= 0.3 is 0 Å². The minimum absolute atomic E-state index is 0.0518. The van der Waals surface area contributed by atoms with Crippen LogP contribution in [0.4, 0.5) is 0 Å². The lowest BCUT2D eigenvalue weighted by Gasteiger charge is -2.11. The lowest BCUT2D eigenvalue weighted by molar-refractivity contribution is -0.120. The van der Waals surface area contributed by atoms with E-state index in [0.717, 1.165) is 16.9 Å². The van der Waals surface area contributed by atoms with Gasteiger partial charge in [-0.25, -0.2) is 13.1 Å². The number of para-hydroxylation sites is 1. The molecule has 0 heterocycles. The molecule has 7 heteroatoms. The van der Waals surface area contributed by atoms with Crippen LogP contribution in [0.3, 0.4) is 0 Å². The summed E-state index contributed by atoms with van der Waals surface area (Å²) in [7, 11) is -2.02. The summed E-state index contributed by atoms with van der Waals surface area (Å²) in [5, 5.41) is 2.80. The Labute approximate surface area is 161 Å². The van der Waals surface area contributed by atoms with Crippen molar-refractivity contribution < 1.29 is 17.9 Å². The van der Waals surface area contributed by atoms with Gasteiger partial charge in [-0.05, 0) is 49.1 Å². The fourth-order valence-electron chi connectivity index (χ4n) is 2.71. The van der Waals surface area contributed by atoms with E-state index in [-0.39, 0.29) is 23.8 Å². The molecule has 0 aliphatic rings. The van der Waals surface area contributed by atoms with Crippen molar-refractivity contribution in [2.24, 2.45) is 0 Å². The van der Waals surface area contributed by atoms with Crippen molar-refractivity contribution in [2.45, 2.75) is 31.6 Å². The summed E-state index contributed by atoms with van der Waals surface area (Å²) in [4.78, 5) is 12.2. The summed E-state index contributed by atoms with van der Waals surface area (Å²) < 4.78 is 32.6. The normalized spacial score (nSPS) is 11.2. The molecule has 2 rings (SSSR count). The van der Waals surface area contributed by atoms with E-state index in [4.69, 9.17) is 4.74 Å². The van der Waals surface area contributed by atoms with E-state index < -0.39 is 10.0 Å². The number of benzene rings is 2. The molecule has 0 bridgehead atoms. The van der Waals surface area contributed by atoms with Gasteiger partial charge in [0.05, 0.1) is 12.0 Å². The number of sulfonamides is 1. The second-order valence-electron chi connectivity index (χ2n) is 6.33. The first kappa shape index (κ1) is 20.9. The summed E-state index contributed by atoms with van der Waals surface area (Å²) >= 11 is 0. The summed E-state index contributed by atoms with van der Waals surface area (Å²) in [6.45, 7) is 4.10. The molecule has 0 fully saturated rings. The molecule has 2 N–H and O–H groups in total. The minimum Gasteiger partial charge on any atom is -0.496 e. The first-order valence-corrected chi connectivity index (χ1v) is 10.3. The summed E-state index contributed by atoms with van der Waals surface area (Å²) in [6, 6.07) is 12.9. The Bertz CT molecular complexity index is 895. The number of hydrogen-bond acceptors (Lipinski definition) is 4. The second-order valence-corrected chi connectivity index (χ2v) is 8.06. The highest BCUT2D eigenvalue weighted by atomic mass is 32.2. The largest absolute Gasteiger partial charge is 0.496 e. The quantitative estimate of drug-likeness (QED) is 0.688. The van der Waals surface area contributed by atoms with Crippen molar-refractivity contribution in [3.63, 3.8) is 0 Å². The average molecular weight is 391 g/mol. The standard InChI is InChI=1S/C20H26N2O4S/c1-15-8-9-16(2)19(14-15)27(24,25)22-13-11-20(23)21-12-10-17-6-4-5-7-18(17)26-3/h4-9,14,22H,10-13H2,1-3H3,(H,21,23). The fraction of sp³-hybridized carbons (Fsp3) is 0.350.